The molecule has 1 atom stereocenters. The third-order valence-electron chi connectivity index (χ3n) is 2.45. The van der Waals surface area contributed by atoms with Crippen molar-refractivity contribution in [3.8, 4) is 0 Å². The predicted molar refractivity (Wildman–Crippen MR) is 67.7 cm³/mol. The molecule has 0 aliphatic carbocycles. The van der Waals surface area contributed by atoms with E-state index in [4.69, 9.17) is 5.73 Å². The number of halogens is 1. The molecule has 0 fully saturated rings. The van der Waals surface area contributed by atoms with Crippen LogP contribution in [-0.4, -0.2) is 11.9 Å². The number of nitrogens with one attached hydrogen (secondary N) is 1. The molecule has 0 spiro atoms. The maximum absolute atomic E-state index is 12.9. The first-order chi connectivity index (χ1) is 8.02. The van der Waals surface area contributed by atoms with E-state index in [0.29, 0.717) is 5.56 Å². The van der Waals surface area contributed by atoms with Crippen LogP contribution in [0, 0.1) is 5.82 Å². The Labute approximate surface area is 101 Å². The number of nitrogens with two attached hydrogens (primary N) is 1. The molecule has 0 radical (unpaired) electrons. The van der Waals surface area contributed by atoms with E-state index in [0.717, 1.165) is 6.42 Å². The number of nitrogen functional groups attached to an aromatic ring is 1. The highest BCUT2D eigenvalue weighted by atomic mass is 19.1. The molecule has 1 aromatic carbocycles. The van der Waals surface area contributed by atoms with Gasteiger partial charge in [-0.2, -0.15) is 0 Å². The van der Waals surface area contributed by atoms with Gasteiger partial charge in [0, 0.05) is 12.1 Å². The molecule has 92 valence electrons. The first kappa shape index (κ1) is 13.2. The number of rotatable bonds is 4. The maximum Gasteiger partial charge on any atom is 0.244 e. The van der Waals surface area contributed by atoms with Gasteiger partial charge >= 0.3 is 0 Å². The zero-order valence-corrected chi connectivity index (χ0v) is 10.0. The molecular formula is C13H17FN2O. The Balaban J connectivity index is 2.64. The zero-order chi connectivity index (χ0) is 12.8. The summed E-state index contributed by atoms with van der Waals surface area (Å²) >= 11 is 0. The first-order valence-electron chi connectivity index (χ1n) is 5.56. The molecule has 0 aromatic heterocycles. The van der Waals surface area contributed by atoms with Gasteiger partial charge in [0.25, 0.3) is 0 Å². The smallest absolute Gasteiger partial charge is 0.244 e. The van der Waals surface area contributed by atoms with Crippen LogP contribution in [0.2, 0.25) is 0 Å². The van der Waals surface area contributed by atoms with Crippen LogP contribution in [0.25, 0.3) is 6.08 Å². The molecular weight excluding hydrogens is 219 g/mol. The normalized spacial score (nSPS) is 12.6. The fraction of sp³-hybridized carbons (Fsp3) is 0.308. The quantitative estimate of drug-likeness (QED) is 0.622. The Kier molecular flexibility index (Phi) is 4.69. The second-order valence-corrected chi connectivity index (χ2v) is 3.93. The van der Waals surface area contributed by atoms with Gasteiger partial charge in [0.1, 0.15) is 5.82 Å². The van der Waals surface area contributed by atoms with Gasteiger partial charge in [0.15, 0.2) is 0 Å². The van der Waals surface area contributed by atoms with Gasteiger partial charge in [0.2, 0.25) is 5.91 Å². The minimum atomic E-state index is -0.453. The molecule has 0 saturated heterocycles. The number of hydrogen-bond donors (Lipinski definition) is 2. The summed E-state index contributed by atoms with van der Waals surface area (Å²) in [6.07, 6.45) is 3.90. The molecule has 3 nitrogen and oxygen atoms in total. The van der Waals surface area contributed by atoms with E-state index in [9.17, 15) is 9.18 Å². The minimum Gasteiger partial charge on any atom is -0.396 e. The number of amides is 1. The van der Waals surface area contributed by atoms with Crippen LogP contribution >= 0.6 is 0 Å². The summed E-state index contributed by atoms with van der Waals surface area (Å²) in [5, 5.41) is 2.79. The second-order valence-electron chi connectivity index (χ2n) is 3.93. The van der Waals surface area contributed by atoms with Crippen molar-refractivity contribution in [3.05, 3.63) is 35.7 Å². The summed E-state index contributed by atoms with van der Waals surface area (Å²) < 4.78 is 12.9. The molecule has 4 heteroatoms. The molecule has 3 N–H and O–H groups in total. The summed E-state index contributed by atoms with van der Waals surface area (Å²) in [6, 6.07) is 4.48. The van der Waals surface area contributed by atoms with Crippen LogP contribution in [0.5, 0.6) is 0 Å². The van der Waals surface area contributed by atoms with Crippen molar-refractivity contribution in [2.45, 2.75) is 26.3 Å². The fourth-order valence-electron chi connectivity index (χ4n) is 1.23. The summed E-state index contributed by atoms with van der Waals surface area (Å²) in [6.45, 7) is 3.93. The van der Waals surface area contributed by atoms with E-state index in [-0.39, 0.29) is 17.6 Å². The van der Waals surface area contributed by atoms with Crippen molar-refractivity contribution in [1.29, 1.82) is 0 Å². The van der Waals surface area contributed by atoms with Crippen molar-refractivity contribution in [2.75, 3.05) is 5.73 Å². The van der Waals surface area contributed by atoms with Crippen LogP contribution in [0.4, 0.5) is 10.1 Å². The largest absolute Gasteiger partial charge is 0.396 e. The Morgan fingerprint density at radius 2 is 2.29 bits per heavy atom. The minimum absolute atomic E-state index is 0.0782. The lowest BCUT2D eigenvalue weighted by molar-refractivity contribution is -0.117. The van der Waals surface area contributed by atoms with E-state index < -0.39 is 5.82 Å². The van der Waals surface area contributed by atoms with Gasteiger partial charge < -0.3 is 11.1 Å². The molecule has 0 saturated carbocycles. The summed E-state index contributed by atoms with van der Waals surface area (Å²) in [5.74, 6) is -0.617. The fourth-order valence-corrected chi connectivity index (χ4v) is 1.23. The van der Waals surface area contributed by atoms with E-state index in [1.807, 2.05) is 13.8 Å². The van der Waals surface area contributed by atoms with Crippen molar-refractivity contribution in [2.24, 2.45) is 0 Å². The third-order valence-corrected chi connectivity index (χ3v) is 2.45. The molecule has 0 aliphatic heterocycles. The van der Waals surface area contributed by atoms with Gasteiger partial charge in [-0.05, 0) is 37.1 Å². The van der Waals surface area contributed by atoms with E-state index >= 15 is 0 Å². The van der Waals surface area contributed by atoms with Crippen LogP contribution in [0.15, 0.2) is 24.3 Å². The average molecular weight is 236 g/mol. The number of benzene rings is 1. The average Bonchev–Trinajstić information content (AvgIpc) is 2.30. The lowest BCUT2D eigenvalue weighted by atomic mass is 10.2. The highest BCUT2D eigenvalue weighted by Crippen LogP contribution is 2.13. The van der Waals surface area contributed by atoms with E-state index in [1.54, 1.807) is 12.1 Å². The number of anilines is 1. The summed E-state index contributed by atoms with van der Waals surface area (Å²) in [7, 11) is 0. The van der Waals surface area contributed by atoms with Crippen molar-refractivity contribution in [3.63, 3.8) is 0 Å². The summed E-state index contributed by atoms with van der Waals surface area (Å²) in [4.78, 5) is 11.4. The molecule has 17 heavy (non-hydrogen) atoms. The lowest BCUT2D eigenvalue weighted by Crippen LogP contribution is -2.30. The Morgan fingerprint density at radius 3 is 2.88 bits per heavy atom. The Morgan fingerprint density at radius 1 is 1.59 bits per heavy atom. The summed E-state index contributed by atoms with van der Waals surface area (Å²) in [5.41, 5.74) is 6.20. The van der Waals surface area contributed by atoms with E-state index in [1.165, 1.54) is 18.2 Å². The SMILES string of the molecule is CCC(C)NC(=O)/C=C/c1ccc(F)c(N)c1. The third kappa shape index (κ3) is 4.26. The number of hydrogen-bond acceptors (Lipinski definition) is 2. The molecule has 1 unspecified atom stereocenters. The maximum atomic E-state index is 12.9. The standard InChI is InChI=1S/C13H17FN2O/c1-3-9(2)16-13(17)7-5-10-4-6-11(14)12(15)8-10/h4-9H,3,15H2,1-2H3,(H,16,17)/b7-5+. The van der Waals surface area contributed by atoms with Gasteiger partial charge in [-0.15, -0.1) is 0 Å². The highest BCUT2D eigenvalue weighted by molar-refractivity contribution is 5.92. The Hall–Kier alpha value is -1.84. The van der Waals surface area contributed by atoms with Crippen molar-refractivity contribution in [1.82, 2.24) is 5.32 Å². The molecule has 1 amide bonds. The Bertz CT molecular complexity index is 429. The van der Waals surface area contributed by atoms with Gasteiger partial charge in [0.05, 0.1) is 5.69 Å². The van der Waals surface area contributed by atoms with Crippen LogP contribution in [0.3, 0.4) is 0 Å². The van der Waals surface area contributed by atoms with Gasteiger partial charge in [-0.3, -0.25) is 4.79 Å². The number of carbonyl (C=O) groups is 1. The van der Waals surface area contributed by atoms with Crippen molar-refractivity contribution < 1.29 is 9.18 Å². The second kappa shape index (κ2) is 6.03. The highest BCUT2D eigenvalue weighted by Gasteiger charge is 2.01. The van der Waals surface area contributed by atoms with Crippen LogP contribution in [-0.2, 0) is 4.79 Å². The monoisotopic (exact) mass is 236 g/mol. The molecule has 0 heterocycles. The van der Waals surface area contributed by atoms with Crippen LogP contribution < -0.4 is 11.1 Å². The molecule has 0 aliphatic rings. The predicted octanol–water partition coefficient (Wildman–Crippen LogP) is 2.34. The zero-order valence-electron chi connectivity index (χ0n) is 10.0. The molecule has 0 bridgehead atoms. The van der Waals surface area contributed by atoms with Crippen LogP contribution in [0.1, 0.15) is 25.8 Å². The van der Waals surface area contributed by atoms with Gasteiger partial charge in [-0.25, -0.2) is 4.39 Å². The van der Waals surface area contributed by atoms with Crippen molar-refractivity contribution >= 4 is 17.7 Å². The van der Waals surface area contributed by atoms with E-state index in [2.05, 4.69) is 5.32 Å². The first-order valence-corrected chi connectivity index (χ1v) is 5.56. The number of carbonyl (C=O) groups excluding carboxylic acids is 1. The lowest BCUT2D eigenvalue weighted by Gasteiger charge is -2.08. The molecule has 1 aromatic rings. The van der Waals surface area contributed by atoms with Gasteiger partial charge in [-0.1, -0.05) is 13.0 Å². The topological polar surface area (TPSA) is 55.1 Å². The molecule has 1 rings (SSSR count).